The van der Waals surface area contributed by atoms with Crippen LogP contribution in [0.1, 0.15) is 33.2 Å². The van der Waals surface area contributed by atoms with Crippen LogP contribution in [0.4, 0.5) is 0 Å². The van der Waals surface area contributed by atoms with Crippen molar-refractivity contribution in [3.8, 4) is 17.2 Å². The number of alkyl halides is 2. The van der Waals surface area contributed by atoms with Crippen molar-refractivity contribution >= 4 is 11.8 Å². The topological polar surface area (TPSA) is 108 Å². The Labute approximate surface area is 226 Å². The van der Waals surface area contributed by atoms with Crippen LogP contribution in [0.5, 0.6) is 0 Å². The van der Waals surface area contributed by atoms with E-state index in [0.29, 0.717) is 12.0 Å². The second-order valence-electron chi connectivity index (χ2n) is 10.4. The molecule has 5 atom stereocenters. The first-order valence-electron chi connectivity index (χ1n) is 12.3. The molecule has 0 aromatic carbocycles. The van der Waals surface area contributed by atoms with E-state index in [1.807, 2.05) is 45.1 Å². The zero-order valence-corrected chi connectivity index (χ0v) is 23.1. The van der Waals surface area contributed by atoms with Crippen molar-refractivity contribution in [1.82, 2.24) is 19.8 Å². The van der Waals surface area contributed by atoms with Crippen LogP contribution in [0.25, 0.3) is 11.1 Å². The molecule has 5 rings (SSSR count). The van der Waals surface area contributed by atoms with E-state index < -0.39 is 40.3 Å². The summed E-state index contributed by atoms with van der Waals surface area (Å²) in [5, 5.41) is 13.2. The molecule has 8 nitrogen and oxygen atoms in total. The maximum atomic E-state index is 14.2. The average molecular weight is 610 g/mol. The summed E-state index contributed by atoms with van der Waals surface area (Å²) in [6.45, 7) is 6.20. The van der Waals surface area contributed by atoms with Crippen molar-refractivity contribution in [1.29, 1.82) is 5.26 Å². The number of aromatic nitrogens is 2. The Bertz CT molecular complexity index is 1390. The first-order chi connectivity index (χ1) is 17.7. The van der Waals surface area contributed by atoms with Crippen LogP contribution in [0.2, 0.25) is 0 Å². The van der Waals surface area contributed by atoms with Crippen molar-refractivity contribution in [3.63, 3.8) is 0 Å². The van der Waals surface area contributed by atoms with Crippen LogP contribution in [0.15, 0.2) is 72.0 Å². The summed E-state index contributed by atoms with van der Waals surface area (Å²) >= 11 is -1.02. The average Bonchev–Trinajstić information content (AvgIpc) is 3.38. The van der Waals surface area contributed by atoms with E-state index in [1.54, 1.807) is 47.8 Å². The summed E-state index contributed by atoms with van der Waals surface area (Å²) in [7, 11) is 0. The Balaban J connectivity index is 1.53. The molecule has 3 unspecified atom stereocenters. The Hall–Kier alpha value is -3.26. The third-order valence-electron chi connectivity index (χ3n) is 7.40. The zero-order chi connectivity index (χ0) is 26.4. The summed E-state index contributed by atoms with van der Waals surface area (Å²) in [5.41, 5.74) is 0.415. The molecule has 37 heavy (non-hydrogen) atoms. The predicted molar refractivity (Wildman–Crippen MR) is 135 cm³/mol. The summed E-state index contributed by atoms with van der Waals surface area (Å²) in [6, 6.07) is 8.59. The van der Waals surface area contributed by atoms with Crippen LogP contribution in [-0.4, -0.2) is 45.8 Å². The van der Waals surface area contributed by atoms with Gasteiger partial charge in [-0.1, -0.05) is 0 Å². The monoisotopic (exact) mass is 610 g/mol. The molecule has 0 saturated carbocycles. The fourth-order valence-electron chi connectivity index (χ4n) is 5.63. The molecule has 9 heteroatoms. The van der Waals surface area contributed by atoms with E-state index in [1.165, 1.54) is 4.57 Å². The maximum absolute atomic E-state index is 14.2. The molecule has 2 amide bonds. The van der Waals surface area contributed by atoms with Gasteiger partial charge in [0, 0.05) is 0 Å². The second kappa shape index (κ2) is 9.56. The number of rotatable bonds is 5. The number of fused-ring (bicyclic) bond motifs is 2. The molecule has 2 fully saturated rings. The summed E-state index contributed by atoms with van der Waals surface area (Å²) in [5.74, 6) is -0.360. The molecular weight excluding hydrogens is 581 g/mol. The summed E-state index contributed by atoms with van der Waals surface area (Å²) in [4.78, 5) is 46.9. The van der Waals surface area contributed by atoms with Crippen molar-refractivity contribution < 1.29 is 30.8 Å². The third-order valence-corrected chi connectivity index (χ3v) is 11.6. The molecule has 2 aromatic heterocycles. The Morgan fingerprint density at radius 2 is 2.03 bits per heavy atom. The van der Waals surface area contributed by atoms with Gasteiger partial charge in [0.2, 0.25) is 0 Å². The number of nitrogens with one attached hydrogen (secondary N) is 1. The fraction of sp³-hybridized carbons (Fsp3) is 0.393. The van der Waals surface area contributed by atoms with Gasteiger partial charge in [0.05, 0.1) is 0 Å². The van der Waals surface area contributed by atoms with Crippen LogP contribution < -0.4 is 32.1 Å². The van der Waals surface area contributed by atoms with Crippen molar-refractivity contribution in [2.24, 2.45) is 11.8 Å². The number of carbonyl (C=O) groups is 2. The Morgan fingerprint density at radius 1 is 1.27 bits per heavy atom. The van der Waals surface area contributed by atoms with Crippen LogP contribution in [0, 0.1) is 23.2 Å². The van der Waals surface area contributed by atoms with Crippen LogP contribution in [0.3, 0.4) is 0 Å². The number of hydrogen-bond donors (Lipinski definition) is 1. The van der Waals surface area contributed by atoms with Gasteiger partial charge in [-0.05, 0) is 0 Å². The molecule has 3 aliphatic rings. The predicted octanol–water partition coefficient (Wildman–Crippen LogP) is -0.352. The molecule has 192 valence electrons. The van der Waals surface area contributed by atoms with Crippen molar-refractivity contribution in [3.05, 3.63) is 77.5 Å². The molecule has 0 radical (unpaired) electrons. The van der Waals surface area contributed by atoms with Gasteiger partial charge in [-0.25, -0.2) is 0 Å². The van der Waals surface area contributed by atoms with E-state index >= 15 is 0 Å². The molecule has 0 bridgehead atoms. The van der Waals surface area contributed by atoms with Gasteiger partial charge < -0.3 is 0 Å². The number of amides is 2. The van der Waals surface area contributed by atoms with E-state index in [9.17, 15) is 19.6 Å². The molecule has 2 aliphatic heterocycles. The van der Waals surface area contributed by atoms with Crippen LogP contribution in [-0.2, 0) is 9.59 Å². The Morgan fingerprint density at radius 3 is 2.73 bits per heavy atom. The third kappa shape index (κ3) is 4.21. The van der Waals surface area contributed by atoms with Crippen LogP contribution >= 0.6 is 0 Å². The van der Waals surface area contributed by atoms with Gasteiger partial charge >= 0.3 is 227 Å². The molecule has 4 heterocycles. The molecule has 1 spiro atoms. The number of allylic oxidation sites excluding steroid dienone is 2. The summed E-state index contributed by atoms with van der Waals surface area (Å²) < 4.78 is 0.0715. The second-order valence-corrected chi connectivity index (χ2v) is 14.1. The van der Waals surface area contributed by atoms with Gasteiger partial charge in [0.1, 0.15) is 0 Å². The molecule has 2 aromatic rings. The zero-order valence-electron chi connectivity index (χ0n) is 21.0. The minimum absolute atomic E-state index is 0.0863. The number of carbonyl (C=O) groups excluding carboxylic acids is 2. The van der Waals surface area contributed by atoms with Crippen molar-refractivity contribution in [2.45, 2.75) is 46.2 Å². The standard InChI is InChI=1S/C28H29IN5O3/c1-18(2)15-21(33-14-6-7-20(24(33)35)19-9-12-31-13-10-19)25(36)34-17-28(29-23(34)16-30)22-8-4-5-11-27(22,3)32-26(28)37/h4-14,18,21-23H,15,17H2,1-3H3,(H,32,37)/q-1/t21-,22?,23?,27?,28-/m1/s1. The number of halogens is 1. The first-order valence-corrected chi connectivity index (χ1v) is 14.7. The minimum atomic E-state index is -1.02. The number of nitriles is 1. The quantitative estimate of drug-likeness (QED) is 0.283. The molecular formula is C28H29IN5O3-. The van der Waals surface area contributed by atoms with Gasteiger partial charge in [0.25, 0.3) is 0 Å². The molecule has 1 aliphatic carbocycles. The van der Waals surface area contributed by atoms with Gasteiger partial charge in [-0.3, -0.25) is 0 Å². The van der Waals surface area contributed by atoms with Gasteiger partial charge in [0.15, 0.2) is 0 Å². The SMILES string of the molecule is CC(C)C[C@H](C(=O)N1C[C@]2([I-]C1C#N)C(=O)NC1(C)C=CC=CC12)n1cccc(-c2ccncc2)c1=O. The first kappa shape index (κ1) is 25.4. The van der Waals surface area contributed by atoms with E-state index in [0.717, 1.165) is 5.56 Å². The molecule has 1 N–H and O–H groups in total. The number of hydrogen-bond acceptors (Lipinski definition) is 5. The van der Waals surface area contributed by atoms with Crippen molar-refractivity contribution in [2.75, 3.05) is 6.54 Å². The van der Waals surface area contributed by atoms with E-state index in [-0.39, 0.29) is 35.8 Å². The summed E-state index contributed by atoms with van der Waals surface area (Å²) in [6.07, 6.45) is 13.2. The van der Waals surface area contributed by atoms with Gasteiger partial charge in [-0.2, -0.15) is 0 Å². The fourth-order valence-corrected chi connectivity index (χ4v) is 9.85. The van der Waals surface area contributed by atoms with Gasteiger partial charge in [-0.15, -0.1) is 0 Å². The van der Waals surface area contributed by atoms with E-state index in [4.69, 9.17) is 0 Å². The number of nitrogens with zero attached hydrogens (tertiary/aromatic N) is 4. The molecule has 2 saturated heterocycles. The normalized spacial score (nSPS) is 29.1. The Kier molecular flexibility index (Phi) is 6.56. The number of pyridine rings is 2. The van der Waals surface area contributed by atoms with E-state index in [2.05, 4.69) is 16.4 Å².